The predicted octanol–water partition coefficient (Wildman–Crippen LogP) is 7.22. The van der Waals surface area contributed by atoms with Gasteiger partial charge in [-0.1, -0.05) is 104 Å². The predicted molar refractivity (Wildman–Crippen MR) is 105 cm³/mol. The van der Waals surface area contributed by atoms with Gasteiger partial charge in [-0.05, 0) is 18.8 Å². The summed E-state index contributed by atoms with van der Waals surface area (Å²) in [5, 5.41) is 0. The van der Waals surface area contributed by atoms with Gasteiger partial charge in [0.15, 0.2) is 0 Å². The maximum Gasteiger partial charge on any atom is 0.330 e. The zero-order chi connectivity index (χ0) is 17.9. The second-order valence-electron chi connectivity index (χ2n) is 7.46. The molecule has 0 aromatic rings. The minimum Gasteiger partial charge on any atom is -0.462 e. The van der Waals surface area contributed by atoms with E-state index in [2.05, 4.69) is 6.92 Å². The second kappa shape index (κ2) is 18.5. The Bertz CT molecular complexity index is 294. The molecule has 0 aliphatic carbocycles. The summed E-state index contributed by atoms with van der Waals surface area (Å²) in [5.41, 5.74) is 0. The molecule has 2 nitrogen and oxygen atoms in total. The molecule has 142 valence electrons. The van der Waals surface area contributed by atoms with Gasteiger partial charge >= 0.3 is 5.97 Å². The van der Waals surface area contributed by atoms with E-state index < -0.39 is 0 Å². The van der Waals surface area contributed by atoms with Gasteiger partial charge in [-0.3, -0.25) is 0 Å². The van der Waals surface area contributed by atoms with E-state index in [9.17, 15) is 4.79 Å². The molecule has 0 unspecified atom stereocenters. The Morgan fingerprint density at radius 3 is 1.71 bits per heavy atom. The van der Waals surface area contributed by atoms with Crippen LogP contribution in [-0.2, 0) is 9.53 Å². The van der Waals surface area contributed by atoms with Gasteiger partial charge in [-0.25, -0.2) is 4.79 Å². The number of esters is 1. The van der Waals surface area contributed by atoms with Crippen molar-refractivity contribution in [3.8, 4) is 0 Å². The molecule has 0 spiro atoms. The first-order chi connectivity index (χ1) is 11.7. The molecule has 0 N–H and O–H groups in total. The molecule has 0 rings (SSSR count). The Kier molecular flexibility index (Phi) is 17.9. The molecule has 24 heavy (non-hydrogen) atoms. The highest BCUT2D eigenvalue weighted by atomic mass is 16.5. The first-order valence-corrected chi connectivity index (χ1v) is 10.5. The summed E-state index contributed by atoms with van der Waals surface area (Å²) < 4.78 is 5.10. The lowest BCUT2D eigenvalue weighted by Crippen LogP contribution is -2.06. The zero-order valence-electron chi connectivity index (χ0n) is 16.7. The zero-order valence-corrected chi connectivity index (χ0v) is 16.7. The number of rotatable bonds is 17. The van der Waals surface area contributed by atoms with E-state index in [4.69, 9.17) is 4.74 Å². The molecule has 0 amide bonds. The SMILES string of the molecule is CCCCCCCCCCCCCCCC=CC(=O)OCC(C)C. The lowest BCUT2D eigenvalue weighted by atomic mass is 10.0. The first kappa shape index (κ1) is 23.2. The number of hydrogen-bond donors (Lipinski definition) is 0. The largest absolute Gasteiger partial charge is 0.462 e. The van der Waals surface area contributed by atoms with Crippen molar-refractivity contribution in [2.45, 2.75) is 111 Å². The van der Waals surface area contributed by atoms with Gasteiger partial charge in [0.1, 0.15) is 0 Å². The molecule has 0 atom stereocenters. The van der Waals surface area contributed by atoms with Gasteiger partial charge in [0.05, 0.1) is 6.61 Å². The Hall–Kier alpha value is -0.790. The summed E-state index contributed by atoms with van der Waals surface area (Å²) in [6.07, 6.45) is 22.4. The third-order valence-electron chi connectivity index (χ3n) is 4.29. The summed E-state index contributed by atoms with van der Waals surface area (Å²) in [5.74, 6) is 0.210. The van der Waals surface area contributed by atoms with E-state index >= 15 is 0 Å². The smallest absolute Gasteiger partial charge is 0.330 e. The summed E-state index contributed by atoms with van der Waals surface area (Å²) in [6.45, 7) is 6.88. The van der Waals surface area contributed by atoms with Crippen LogP contribution < -0.4 is 0 Å². The molecule has 0 bridgehead atoms. The molecular weight excluding hydrogens is 296 g/mol. The monoisotopic (exact) mass is 338 g/mol. The number of carbonyl (C=O) groups excluding carboxylic acids is 1. The topological polar surface area (TPSA) is 26.3 Å². The van der Waals surface area contributed by atoms with Crippen LogP contribution in [0, 0.1) is 5.92 Å². The number of ether oxygens (including phenoxy) is 1. The fourth-order valence-electron chi connectivity index (χ4n) is 2.76. The molecule has 0 aliphatic heterocycles. The van der Waals surface area contributed by atoms with Crippen molar-refractivity contribution in [3.05, 3.63) is 12.2 Å². The molecule has 0 aromatic carbocycles. The number of carbonyl (C=O) groups is 1. The minimum absolute atomic E-state index is 0.196. The Labute approximate surface area is 151 Å². The van der Waals surface area contributed by atoms with Crippen LogP contribution in [-0.4, -0.2) is 12.6 Å². The lowest BCUT2D eigenvalue weighted by Gasteiger charge is -2.04. The van der Waals surface area contributed by atoms with E-state index in [1.54, 1.807) is 6.08 Å². The molecule has 0 radical (unpaired) electrons. The van der Waals surface area contributed by atoms with Gasteiger partial charge < -0.3 is 4.74 Å². The average Bonchev–Trinajstić information content (AvgIpc) is 2.56. The lowest BCUT2D eigenvalue weighted by molar-refractivity contribution is -0.138. The average molecular weight is 339 g/mol. The molecule has 0 aliphatic rings. The normalized spacial score (nSPS) is 11.5. The highest BCUT2D eigenvalue weighted by Crippen LogP contribution is 2.13. The third-order valence-corrected chi connectivity index (χ3v) is 4.29. The van der Waals surface area contributed by atoms with E-state index in [-0.39, 0.29) is 5.97 Å². The maximum atomic E-state index is 11.4. The van der Waals surface area contributed by atoms with Crippen LogP contribution in [0.15, 0.2) is 12.2 Å². The van der Waals surface area contributed by atoms with Crippen molar-refractivity contribution in [2.24, 2.45) is 5.92 Å². The molecule has 0 aromatic heterocycles. The number of allylic oxidation sites excluding steroid dienone is 1. The number of hydrogen-bond acceptors (Lipinski definition) is 2. The van der Waals surface area contributed by atoms with Crippen molar-refractivity contribution in [3.63, 3.8) is 0 Å². The van der Waals surface area contributed by atoms with E-state index in [0.717, 1.165) is 6.42 Å². The van der Waals surface area contributed by atoms with Crippen LogP contribution in [0.2, 0.25) is 0 Å². The second-order valence-corrected chi connectivity index (χ2v) is 7.46. The summed E-state index contributed by atoms with van der Waals surface area (Å²) >= 11 is 0. The molecule has 0 saturated heterocycles. The quantitative estimate of drug-likeness (QED) is 0.159. The fraction of sp³-hybridized carbons (Fsp3) is 0.864. The summed E-state index contributed by atoms with van der Waals surface area (Å²) in [6, 6.07) is 0. The molecule has 0 saturated carbocycles. The fourth-order valence-corrected chi connectivity index (χ4v) is 2.76. The van der Waals surface area contributed by atoms with Gasteiger partial charge in [-0.2, -0.15) is 0 Å². The summed E-state index contributed by atoms with van der Waals surface area (Å²) in [4.78, 5) is 11.4. The van der Waals surface area contributed by atoms with Gasteiger partial charge in [-0.15, -0.1) is 0 Å². The molecule has 0 fully saturated rings. The van der Waals surface area contributed by atoms with E-state index in [1.165, 1.54) is 83.5 Å². The summed E-state index contributed by atoms with van der Waals surface area (Å²) in [7, 11) is 0. The highest BCUT2D eigenvalue weighted by Gasteiger charge is 1.99. The van der Waals surface area contributed by atoms with Crippen molar-refractivity contribution in [1.29, 1.82) is 0 Å². The van der Waals surface area contributed by atoms with Crippen molar-refractivity contribution in [2.75, 3.05) is 6.61 Å². The Morgan fingerprint density at radius 2 is 1.25 bits per heavy atom. The van der Waals surface area contributed by atoms with Crippen LogP contribution in [0.1, 0.15) is 111 Å². The van der Waals surface area contributed by atoms with Crippen LogP contribution >= 0.6 is 0 Å². The molecule has 0 heterocycles. The molecule has 2 heteroatoms. The van der Waals surface area contributed by atoms with Crippen molar-refractivity contribution >= 4 is 5.97 Å². The van der Waals surface area contributed by atoms with Crippen LogP contribution in [0.4, 0.5) is 0 Å². The third kappa shape index (κ3) is 19.3. The number of unbranched alkanes of at least 4 members (excludes halogenated alkanes) is 13. The Balaban J connectivity index is 3.18. The highest BCUT2D eigenvalue weighted by molar-refractivity contribution is 5.81. The van der Waals surface area contributed by atoms with Crippen molar-refractivity contribution in [1.82, 2.24) is 0 Å². The van der Waals surface area contributed by atoms with E-state index in [0.29, 0.717) is 12.5 Å². The van der Waals surface area contributed by atoms with Gasteiger partial charge in [0, 0.05) is 6.08 Å². The van der Waals surface area contributed by atoms with Crippen LogP contribution in [0.25, 0.3) is 0 Å². The molecular formula is C22H42O2. The van der Waals surface area contributed by atoms with Crippen LogP contribution in [0.3, 0.4) is 0 Å². The van der Waals surface area contributed by atoms with E-state index in [1.807, 2.05) is 19.9 Å². The standard InChI is InChI=1S/C22H42O2/c1-4-5-6-7-8-9-10-11-12-13-14-15-16-17-18-19-22(23)24-20-21(2)3/h18-19,21H,4-17,20H2,1-3H3. The minimum atomic E-state index is -0.196. The van der Waals surface area contributed by atoms with Crippen molar-refractivity contribution < 1.29 is 9.53 Å². The van der Waals surface area contributed by atoms with Crippen LogP contribution in [0.5, 0.6) is 0 Å². The maximum absolute atomic E-state index is 11.4. The Morgan fingerprint density at radius 1 is 0.792 bits per heavy atom. The first-order valence-electron chi connectivity index (χ1n) is 10.5. The van der Waals surface area contributed by atoms with Gasteiger partial charge in [0.25, 0.3) is 0 Å². The van der Waals surface area contributed by atoms with Gasteiger partial charge in [0.2, 0.25) is 0 Å².